The topological polar surface area (TPSA) is 116 Å². The van der Waals surface area contributed by atoms with Crippen LogP contribution in [0.5, 0.6) is 0 Å². The molecule has 0 aromatic rings. The Morgan fingerprint density at radius 3 is 1.53 bits per heavy atom. The van der Waals surface area contributed by atoms with Gasteiger partial charge in [-0.3, -0.25) is 0 Å². The Balaban J connectivity index is -0.000000262. The van der Waals surface area contributed by atoms with Crippen LogP contribution in [0.1, 0.15) is 48.0 Å². The van der Waals surface area contributed by atoms with Crippen molar-refractivity contribution in [3.63, 3.8) is 0 Å². The van der Waals surface area contributed by atoms with Crippen LogP contribution in [0.15, 0.2) is 0 Å². The maximum Gasteiger partial charge on any atom is 0.635 e. The molecular weight excluding hydrogens is 272 g/mol. The summed E-state index contributed by atoms with van der Waals surface area (Å²) in [7, 11) is -1.76. The Labute approximate surface area is 122 Å². The van der Waals surface area contributed by atoms with Gasteiger partial charge in [0, 0.05) is 0 Å². The summed E-state index contributed by atoms with van der Waals surface area (Å²) in [5.41, 5.74) is 3.32. The average Bonchev–Trinajstić information content (AvgIpc) is 1.96. The predicted molar refractivity (Wildman–Crippen MR) is 78.6 cm³/mol. The van der Waals surface area contributed by atoms with Gasteiger partial charge in [-0.2, -0.15) is 0 Å². The quantitative estimate of drug-likeness (QED) is 0.367. The molecule has 0 rings (SSSR count). The van der Waals surface area contributed by atoms with Gasteiger partial charge in [0.25, 0.3) is 0 Å². The van der Waals surface area contributed by atoms with Crippen molar-refractivity contribution in [2.24, 2.45) is 11.7 Å². The van der Waals surface area contributed by atoms with Crippen molar-refractivity contribution in [2.45, 2.75) is 65.4 Å². The van der Waals surface area contributed by atoms with Crippen molar-refractivity contribution in [1.82, 2.24) is 0 Å². The van der Waals surface area contributed by atoms with Gasteiger partial charge in [0.1, 0.15) is 0 Å². The molecule has 8 heteroatoms. The normalized spacial score (nSPS) is 13.3. The molecule has 0 spiro atoms. The molecule has 0 aromatic heterocycles. The summed E-state index contributed by atoms with van der Waals surface area (Å²) in [6, 6.07) is 0. The maximum absolute atomic E-state index is 9.10. The molecule has 0 aliphatic carbocycles. The minimum atomic E-state index is -1.76. The summed E-state index contributed by atoms with van der Waals surface area (Å²) < 4.78 is 4.45. The van der Waals surface area contributed by atoms with Crippen molar-refractivity contribution in [3.8, 4) is 0 Å². The summed E-state index contributed by atoms with van der Waals surface area (Å²) in [4.78, 5) is 0. The van der Waals surface area contributed by atoms with Crippen LogP contribution in [0.4, 0.5) is 0 Å². The van der Waals surface area contributed by atoms with E-state index in [0.717, 1.165) is 0 Å². The van der Waals surface area contributed by atoms with Gasteiger partial charge in [-0.25, -0.2) is 0 Å². The van der Waals surface area contributed by atoms with Crippen molar-refractivity contribution >= 4 is 19.7 Å². The molecule has 6 nitrogen and oxygen atoms in total. The van der Waals surface area contributed by atoms with Gasteiger partial charge in [0.2, 0.25) is 0 Å². The zero-order chi connectivity index (χ0) is 15.1. The van der Waals surface area contributed by atoms with Crippen LogP contribution in [-0.4, -0.2) is 45.0 Å². The van der Waals surface area contributed by atoms with Crippen molar-refractivity contribution in [3.05, 3.63) is 0 Å². The van der Waals surface area contributed by atoms with Gasteiger partial charge < -0.3 is 30.6 Å². The van der Waals surface area contributed by atoms with E-state index in [4.69, 9.17) is 26.0 Å². The van der Waals surface area contributed by atoms with E-state index in [-0.39, 0.29) is 12.4 Å². The number of hydrogen-bond acceptors (Lipinski definition) is 6. The third kappa shape index (κ3) is 16.1. The zero-order valence-electron chi connectivity index (χ0n) is 12.6. The van der Waals surface area contributed by atoms with Crippen LogP contribution in [0, 0.1) is 5.92 Å². The lowest BCUT2D eigenvalue weighted by atomic mass is 9.90. The van der Waals surface area contributed by atoms with E-state index >= 15 is 0 Å². The van der Waals surface area contributed by atoms with Crippen molar-refractivity contribution in [2.75, 3.05) is 0 Å². The van der Waals surface area contributed by atoms with Crippen LogP contribution in [0.3, 0.4) is 0 Å². The molecule has 0 saturated carbocycles. The zero-order valence-corrected chi connectivity index (χ0v) is 13.4. The standard InChI is InChI=1S/C6H14O2.C5H14BNO3.ClH/c1-5(2,7)6(3,4)8;1-4(2)3-5(7)10-6(8)9;/h7-8H,1-4H3;4-5,8-9H,3,7H2,1-2H3;1H. The van der Waals surface area contributed by atoms with Gasteiger partial charge in [-0.1, -0.05) is 13.8 Å². The summed E-state index contributed by atoms with van der Waals surface area (Å²) in [6.07, 6.45) is 0.0393. The monoisotopic (exact) mass is 301 g/mol. The molecule has 0 bridgehead atoms. The molecule has 0 heterocycles. The second-order valence-corrected chi connectivity index (χ2v) is 5.75. The first-order valence-electron chi connectivity index (χ1n) is 5.99. The molecule has 1 atom stereocenters. The average molecular weight is 302 g/mol. The molecule has 0 aliphatic heterocycles. The van der Waals surface area contributed by atoms with Crippen LogP contribution >= 0.6 is 12.4 Å². The third-order valence-electron chi connectivity index (χ3n) is 2.50. The number of aliphatic hydroxyl groups is 2. The van der Waals surface area contributed by atoms with E-state index in [1.807, 2.05) is 13.8 Å². The van der Waals surface area contributed by atoms with Gasteiger partial charge in [0.05, 0.1) is 17.4 Å². The summed E-state index contributed by atoms with van der Waals surface area (Å²) >= 11 is 0. The van der Waals surface area contributed by atoms with Gasteiger partial charge >= 0.3 is 7.32 Å². The number of halogens is 1. The molecule has 6 N–H and O–H groups in total. The second-order valence-electron chi connectivity index (χ2n) is 5.75. The van der Waals surface area contributed by atoms with E-state index in [1.54, 1.807) is 27.7 Å². The molecule has 0 fully saturated rings. The highest BCUT2D eigenvalue weighted by molar-refractivity contribution is 6.32. The fourth-order valence-electron chi connectivity index (χ4n) is 0.677. The van der Waals surface area contributed by atoms with Crippen molar-refractivity contribution in [1.29, 1.82) is 0 Å². The minimum absolute atomic E-state index is 0. The lowest BCUT2D eigenvalue weighted by Gasteiger charge is -2.31. The molecule has 118 valence electrons. The smallest absolute Gasteiger partial charge is 0.402 e. The summed E-state index contributed by atoms with van der Waals surface area (Å²) in [6.45, 7) is 10.3. The Morgan fingerprint density at radius 1 is 1.05 bits per heavy atom. The molecular formula is C11H29BClNO5. The lowest BCUT2D eigenvalue weighted by Crippen LogP contribution is -2.44. The second kappa shape index (κ2) is 9.93. The van der Waals surface area contributed by atoms with E-state index in [2.05, 4.69) is 4.65 Å². The van der Waals surface area contributed by atoms with Crippen LogP contribution in [-0.2, 0) is 4.65 Å². The predicted octanol–water partition coefficient (Wildman–Crippen LogP) is 0.253. The first-order chi connectivity index (χ1) is 7.77. The van der Waals surface area contributed by atoms with E-state index in [9.17, 15) is 0 Å². The highest BCUT2D eigenvalue weighted by Gasteiger charge is 2.31. The fraction of sp³-hybridized carbons (Fsp3) is 1.00. The number of nitrogens with two attached hydrogens (primary N) is 1. The van der Waals surface area contributed by atoms with Crippen LogP contribution in [0.25, 0.3) is 0 Å². The van der Waals surface area contributed by atoms with E-state index in [1.165, 1.54) is 0 Å². The number of rotatable bonds is 5. The molecule has 0 radical (unpaired) electrons. The molecule has 0 aliphatic rings. The first kappa shape index (κ1) is 24.2. The highest BCUT2D eigenvalue weighted by Crippen LogP contribution is 2.19. The molecule has 0 amide bonds. The van der Waals surface area contributed by atoms with Crippen LogP contribution in [0.2, 0.25) is 0 Å². The first-order valence-corrected chi connectivity index (χ1v) is 5.99. The largest absolute Gasteiger partial charge is 0.635 e. The molecule has 1 unspecified atom stereocenters. The summed E-state index contributed by atoms with van der Waals surface area (Å²) in [5.74, 6) is 0.397. The molecule has 19 heavy (non-hydrogen) atoms. The fourth-order valence-corrected chi connectivity index (χ4v) is 0.677. The Hall–Kier alpha value is 0.115. The Morgan fingerprint density at radius 2 is 1.37 bits per heavy atom. The SMILES string of the molecule is CC(C)(O)C(C)(C)O.CC(C)CC(N)OB(O)O.Cl. The maximum atomic E-state index is 9.10. The minimum Gasteiger partial charge on any atom is -0.402 e. The van der Waals surface area contributed by atoms with Crippen LogP contribution < -0.4 is 5.73 Å². The van der Waals surface area contributed by atoms with E-state index < -0.39 is 24.8 Å². The van der Waals surface area contributed by atoms with E-state index in [0.29, 0.717) is 12.3 Å². The molecule has 0 saturated heterocycles. The number of hydrogen-bond donors (Lipinski definition) is 5. The van der Waals surface area contributed by atoms with Gasteiger partial charge in [-0.15, -0.1) is 12.4 Å². The Kier molecular flexibility index (Phi) is 12.6. The molecule has 0 aromatic carbocycles. The third-order valence-corrected chi connectivity index (χ3v) is 2.50. The van der Waals surface area contributed by atoms with Crippen molar-refractivity contribution < 1.29 is 24.9 Å². The lowest BCUT2D eigenvalue weighted by molar-refractivity contribution is -0.107. The van der Waals surface area contributed by atoms with Gasteiger partial charge in [0.15, 0.2) is 0 Å². The van der Waals surface area contributed by atoms with Gasteiger partial charge in [-0.05, 0) is 40.0 Å². The summed E-state index contributed by atoms with van der Waals surface area (Å²) in [5, 5.41) is 34.8. The highest BCUT2D eigenvalue weighted by atomic mass is 35.5. The Bertz CT molecular complexity index is 194.